The van der Waals surface area contributed by atoms with Gasteiger partial charge in [0.25, 0.3) is 0 Å². The molecule has 1 aliphatic rings. The van der Waals surface area contributed by atoms with Gasteiger partial charge in [-0.25, -0.2) is 0 Å². The summed E-state index contributed by atoms with van der Waals surface area (Å²) < 4.78 is 7.44. The van der Waals surface area contributed by atoms with Crippen LogP contribution < -0.4 is 0 Å². The fraction of sp³-hybridized carbons (Fsp3) is 0.750. The molecule has 1 saturated heterocycles. The quantitative estimate of drug-likeness (QED) is 0.714. The van der Waals surface area contributed by atoms with Crippen LogP contribution in [0.1, 0.15) is 43.1 Å². The topological polar surface area (TPSA) is 30.4 Å². The monoisotopic (exact) mass is 208 g/mol. The molecule has 84 valence electrons. The Morgan fingerprint density at radius 3 is 2.47 bits per heavy atom. The van der Waals surface area contributed by atoms with Crippen LogP contribution in [-0.2, 0) is 11.8 Å². The number of nitrogens with zero attached hydrogens (tertiary/aromatic N) is 2. The summed E-state index contributed by atoms with van der Waals surface area (Å²) in [5.41, 5.74) is 3.85. The first-order chi connectivity index (χ1) is 7.00. The van der Waals surface area contributed by atoms with Crippen molar-refractivity contribution in [3.63, 3.8) is 0 Å². The summed E-state index contributed by atoms with van der Waals surface area (Å²) in [4.78, 5) is 0. The van der Waals surface area contributed by atoms with Gasteiger partial charge in [-0.2, -0.15) is 5.10 Å². The van der Waals surface area contributed by atoms with Gasteiger partial charge in [-0.05, 0) is 38.7 Å². The van der Waals surface area contributed by atoms with Crippen molar-refractivity contribution < 1.29 is 4.74 Å². The molecule has 0 spiro atoms. The predicted octanol–water partition coefficient (Wildman–Crippen LogP) is 2.32. The molecular formula is C12H20N2O. The maximum absolute atomic E-state index is 5.47. The molecule has 0 saturated carbocycles. The number of aryl methyl sites for hydroxylation is 2. The molecule has 1 aliphatic heterocycles. The second-order valence-corrected chi connectivity index (χ2v) is 4.72. The standard InChI is InChI=1S/C12H20N2O/c1-7(6-11-10(4)15-11)12-8(2)13-14(5)9(12)3/h7,10-11H,6H2,1-5H3. The van der Waals surface area contributed by atoms with Crippen molar-refractivity contribution in [3.8, 4) is 0 Å². The third-order valence-corrected chi connectivity index (χ3v) is 3.48. The van der Waals surface area contributed by atoms with Crippen LogP contribution in [0.15, 0.2) is 0 Å². The highest BCUT2D eigenvalue weighted by atomic mass is 16.6. The van der Waals surface area contributed by atoms with Crippen LogP contribution in [-0.4, -0.2) is 22.0 Å². The van der Waals surface area contributed by atoms with Crippen LogP contribution in [0.5, 0.6) is 0 Å². The Bertz CT molecular complexity index is 370. The first-order valence-corrected chi connectivity index (χ1v) is 5.66. The van der Waals surface area contributed by atoms with E-state index in [0.29, 0.717) is 18.1 Å². The summed E-state index contributed by atoms with van der Waals surface area (Å²) in [5, 5.41) is 4.45. The summed E-state index contributed by atoms with van der Waals surface area (Å²) in [6, 6.07) is 0. The van der Waals surface area contributed by atoms with Gasteiger partial charge in [0.1, 0.15) is 0 Å². The molecule has 1 aromatic heterocycles. The number of aromatic nitrogens is 2. The van der Waals surface area contributed by atoms with E-state index in [4.69, 9.17) is 4.74 Å². The normalized spacial score (nSPS) is 26.7. The second kappa shape index (κ2) is 3.63. The van der Waals surface area contributed by atoms with Gasteiger partial charge >= 0.3 is 0 Å². The fourth-order valence-corrected chi connectivity index (χ4v) is 2.45. The lowest BCUT2D eigenvalue weighted by Gasteiger charge is -2.10. The molecule has 3 unspecified atom stereocenters. The number of ether oxygens (including phenoxy) is 1. The van der Waals surface area contributed by atoms with Crippen molar-refractivity contribution in [3.05, 3.63) is 17.0 Å². The van der Waals surface area contributed by atoms with Gasteiger partial charge in [0.15, 0.2) is 0 Å². The van der Waals surface area contributed by atoms with Gasteiger partial charge in [0.2, 0.25) is 0 Å². The lowest BCUT2D eigenvalue weighted by Crippen LogP contribution is -2.03. The Balaban J connectivity index is 2.13. The zero-order valence-electron chi connectivity index (χ0n) is 10.2. The van der Waals surface area contributed by atoms with Gasteiger partial charge in [-0.15, -0.1) is 0 Å². The highest BCUT2D eigenvalue weighted by Gasteiger charge is 2.36. The van der Waals surface area contributed by atoms with Crippen molar-refractivity contribution in [2.45, 2.75) is 52.2 Å². The van der Waals surface area contributed by atoms with E-state index in [9.17, 15) is 0 Å². The largest absolute Gasteiger partial charge is 0.370 e. The van der Waals surface area contributed by atoms with Gasteiger partial charge in [0, 0.05) is 12.7 Å². The van der Waals surface area contributed by atoms with Crippen LogP contribution in [0.25, 0.3) is 0 Å². The molecular weight excluding hydrogens is 188 g/mol. The van der Waals surface area contributed by atoms with Crippen molar-refractivity contribution >= 4 is 0 Å². The first kappa shape index (κ1) is 10.7. The molecule has 0 radical (unpaired) electrons. The molecule has 1 aromatic rings. The molecule has 3 atom stereocenters. The van der Waals surface area contributed by atoms with E-state index in [-0.39, 0.29) is 0 Å². The summed E-state index contributed by atoms with van der Waals surface area (Å²) in [7, 11) is 2.01. The number of rotatable bonds is 3. The van der Waals surface area contributed by atoms with E-state index in [2.05, 4.69) is 32.8 Å². The number of hydrogen-bond acceptors (Lipinski definition) is 2. The van der Waals surface area contributed by atoms with Crippen molar-refractivity contribution in [1.82, 2.24) is 9.78 Å². The summed E-state index contributed by atoms with van der Waals surface area (Å²) in [6.07, 6.45) is 2.05. The molecule has 15 heavy (non-hydrogen) atoms. The molecule has 0 N–H and O–H groups in total. The summed E-state index contributed by atoms with van der Waals surface area (Å²) in [6.45, 7) is 8.64. The van der Waals surface area contributed by atoms with Gasteiger partial charge in [-0.1, -0.05) is 6.92 Å². The molecule has 0 bridgehead atoms. The smallest absolute Gasteiger partial charge is 0.0844 e. The molecule has 2 rings (SSSR count). The Morgan fingerprint density at radius 1 is 1.47 bits per heavy atom. The molecule has 0 aliphatic carbocycles. The highest BCUT2D eigenvalue weighted by Crippen LogP contribution is 2.34. The third kappa shape index (κ3) is 1.93. The third-order valence-electron chi connectivity index (χ3n) is 3.48. The molecule has 3 heteroatoms. The predicted molar refractivity (Wildman–Crippen MR) is 60.0 cm³/mol. The van der Waals surface area contributed by atoms with E-state index in [1.54, 1.807) is 0 Å². The molecule has 1 fully saturated rings. The number of epoxide rings is 1. The van der Waals surface area contributed by atoms with Gasteiger partial charge < -0.3 is 4.74 Å². The lowest BCUT2D eigenvalue weighted by molar-refractivity contribution is 0.362. The maximum atomic E-state index is 5.47. The first-order valence-electron chi connectivity index (χ1n) is 5.66. The van der Waals surface area contributed by atoms with Gasteiger partial charge in [0.05, 0.1) is 17.9 Å². The summed E-state index contributed by atoms with van der Waals surface area (Å²) in [5.74, 6) is 0.550. The highest BCUT2D eigenvalue weighted by molar-refractivity contribution is 5.28. The van der Waals surface area contributed by atoms with Gasteiger partial charge in [-0.3, -0.25) is 4.68 Å². The summed E-state index contributed by atoms with van der Waals surface area (Å²) >= 11 is 0. The maximum Gasteiger partial charge on any atom is 0.0844 e. The average Bonchev–Trinajstić information content (AvgIpc) is 2.73. The van der Waals surface area contributed by atoms with Crippen LogP contribution in [0, 0.1) is 13.8 Å². The van der Waals surface area contributed by atoms with E-state index in [0.717, 1.165) is 12.1 Å². The molecule has 0 amide bonds. The van der Waals surface area contributed by atoms with E-state index in [1.807, 2.05) is 11.7 Å². The zero-order chi connectivity index (χ0) is 11.2. The average molecular weight is 208 g/mol. The zero-order valence-corrected chi connectivity index (χ0v) is 10.2. The minimum atomic E-state index is 0.463. The minimum Gasteiger partial charge on any atom is -0.370 e. The minimum absolute atomic E-state index is 0.463. The van der Waals surface area contributed by atoms with Crippen LogP contribution in [0.3, 0.4) is 0 Å². The lowest BCUT2D eigenvalue weighted by atomic mass is 9.94. The van der Waals surface area contributed by atoms with E-state index < -0.39 is 0 Å². The van der Waals surface area contributed by atoms with Crippen molar-refractivity contribution in [2.75, 3.05) is 0 Å². The SMILES string of the molecule is Cc1nn(C)c(C)c1C(C)CC1OC1C. The van der Waals surface area contributed by atoms with Crippen LogP contribution in [0.4, 0.5) is 0 Å². The molecule has 2 heterocycles. The van der Waals surface area contributed by atoms with E-state index in [1.165, 1.54) is 11.3 Å². The Kier molecular flexibility index (Phi) is 2.59. The van der Waals surface area contributed by atoms with Crippen molar-refractivity contribution in [2.24, 2.45) is 7.05 Å². The van der Waals surface area contributed by atoms with Crippen molar-refractivity contribution in [1.29, 1.82) is 0 Å². The molecule has 0 aromatic carbocycles. The Hall–Kier alpha value is -0.830. The van der Waals surface area contributed by atoms with Crippen LogP contribution >= 0.6 is 0 Å². The Morgan fingerprint density at radius 2 is 2.07 bits per heavy atom. The van der Waals surface area contributed by atoms with E-state index >= 15 is 0 Å². The Labute approximate surface area is 91.4 Å². The van der Waals surface area contributed by atoms with Crippen LogP contribution in [0.2, 0.25) is 0 Å². The number of hydrogen-bond donors (Lipinski definition) is 0. The second-order valence-electron chi connectivity index (χ2n) is 4.72. The fourth-order valence-electron chi connectivity index (χ4n) is 2.45. The molecule has 3 nitrogen and oxygen atoms in total.